The van der Waals surface area contributed by atoms with Crippen LogP contribution < -0.4 is 5.73 Å². The summed E-state index contributed by atoms with van der Waals surface area (Å²) in [5, 5.41) is 18.4. The van der Waals surface area contributed by atoms with Gasteiger partial charge in [-0.05, 0) is 24.0 Å². The second-order valence-corrected chi connectivity index (χ2v) is 7.56. The van der Waals surface area contributed by atoms with Gasteiger partial charge in [0.25, 0.3) is 0 Å². The number of aliphatic hydroxyl groups is 2. The Balaban J connectivity index is 2.16. The maximum absolute atomic E-state index is 9.19. The maximum atomic E-state index is 9.19. The average molecular weight is 362 g/mol. The first-order valence-corrected chi connectivity index (χ1v) is 10.4. The average Bonchev–Trinajstić information content (AvgIpc) is 2.68. The molecule has 3 heteroatoms. The normalized spacial score (nSPS) is 12.2. The molecule has 1 aromatic rings. The molecule has 0 saturated heterocycles. The molecule has 0 aliphatic heterocycles. The van der Waals surface area contributed by atoms with E-state index in [9.17, 15) is 10.2 Å². The zero-order chi connectivity index (χ0) is 19.1. The smallest absolute Gasteiger partial charge is 0.0811 e. The summed E-state index contributed by atoms with van der Waals surface area (Å²) in [4.78, 5) is 0. The molecule has 3 nitrogen and oxygen atoms in total. The van der Waals surface area contributed by atoms with Gasteiger partial charge in [-0.25, -0.2) is 0 Å². The fourth-order valence-corrected chi connectivity index (χ4v) is 3.03. The standard InChI is InChI=1S/C23H39NO2/c1-2-3-4-5-6-7-8-9-10-11-12-21-13-15-22(16-14-21)17-18-23(24,19-25)20-26/h13-18,25-26H,2-12,19-20,24H2,1H3/b18-17+. The lowest BCUT2D eigenvalue weighted by Gasteiger charge is -2.19. The van der Waals surface area contributed by atoms with E-state index in [0.717, 1.165) is 12.0 Å². The second kappa shape index (κ2) is 14.0. The Bertz CT molecular complexity index is 477. The van der Waals surface area contributed by atoms with Crippen LogP contribution in [-0.2, 0) is 6.42 Å². The van der Waals surface area contributed by atoms with E-state index in [1.807, 2.05) is 6.08 Å². The van der Waals surface area contributed by atoms with Crippen molar-refractivity contribution in [1.29, 1.82) is 0 Å². The molecule has 26 heavy (non-hydrogen) atoms. The van der Waals surface area contributed by atoms with Crippen LogP contribution >= 0.6 is 0 Å². The van der Waals surface area contributed by atoms with Crippen molar-refractivity contribution in [2.75, 3.05) is 13.2 Å². The number of hydrogen-bond donors (Lipinski definition) is 3. The van der Waals surface area contributed by atoms with Gasteiger partial charge in [0.05, 0.1) is 18.8 Å². The lowest BCUT2D eigenvalue weighted by molar-refractivity contribution is 0.152. The molecule has 0 aliphatic carbocycles. The van der Waals surface area contributed by atoms with Crippen LogP contribution in [0.4, 0.5) is 0 Å². The lowest BCUT2D eigenvalue weighted by atomic mass is 10.00. The quantitative estimate of drug-likeness (QED) is 0.391. The van der Waals surface area contributed by atoms with Crippen molar-refractivity contribution in [3.05, 3.63) is 41.5 Å². The van der Waals surface area contributed by atoms with Crippen molar-refractivity contribution in [2.45, 2.75) is 83.1 Å². The van der Waals surface area contributed by atoms with E-state index in [-0.39, 0.29) is 13.2 Å². The van der Waals surface area contributed by atoms with E-state index in [1.54, 1.807) is 6.08 Å². The van der Waals surface area contributed by atoms with Gasteiger partial charge >= 0.3 is 0 Å². The predicted molar refractivity (Wildman–Crippen MR) is 112 cm³/mol. The van der Waals surface area contributed by atoms with Crippen molar-refractivity contribution < 1.29 is 10.2 Å². The Morgan fingerprint density at radius 2 is 1.31 bits per heavy atom. The van der Waals surface area contributed by atoms with Gasteiger partial charge in [0.1, 0.15) is 0 Å². The van der Waals surface area contributed by atoms with Crippen molar-refractivity contribution in [2.24, 2.45) is 5.73 Å². The van der Waals surface area contributed by atoms with Crippen LogP contribution in [0.5, 0.6) is 0 Å². The first-order chi connectivity index (χ1) is 12.6. The molecule has 0 aliphatic rings. The van der Waals surface area contributed by atoms with Crippen LogP contribution in [0.1, 0.15) is 82.3 Å². The van der Waals surface area contributed by atoms with Crippen LogP contribution in [0.3, 0.4) is 0 Å². The summed E-state index contributed by atoms with van der Waals surface area (Å²) in [7, 11) is 0. The highest BCUT2D eigenvalue weighted by Gasteiger charge is 2.18. The van der Waals surface area contributed by atoms with Gasteiger partial charge in [-0.2, -0.15) is 0 Å². The van der Waals surface area contributed by atoms with E-state index < -0.39 is 5.54 Å². The number of unbranched alkanes of at least 4 members (excludes halogenated alkanes) is 9. The largest absolute Gasteiger partial charge is 0.394 e. The number of aryl methyl sites for hydroxylation is 1. The van der Waals surface area contributed by atoms with E-state index in [2.05, 4.69) is 31.2 Å². The first kappa shape index (κ1) is 22.9. The van der Waals surface area contributed by atoms with Gasteiger partial charge in [-0.1, -0.05) is 101 Å². The van der Waals surface area contributed by atoms with E-state index in [4.69, 9.17) is 5.73 Å². The highest BCUT2D eigenvalue weighted by Crippen LogP contribution is 2.14. The Kier molecular flexibility index (Phi) is 12.3. The van der Waals surface area contributed by atoms with Crippen molar-refractivity contribution in [3.63, 3.8) is 0 Å². The third kappa shape index (κ3) is 10.1. The molecule has 0 radical (unpaired) electrons. The van der Waals surface area contributed by atoms with Gasteiger partial charge in [-0.15, -0.1) is 0 Å². The van der Waals surface area contributed by atoms with Crippen LogP contribution in [0.2, 0.25) is 0 Å². The highest BCUT2D eigenvalue weighted by atomic mass is 16.3. The molecule has 0 atom stereocenters. The molecule has 0 fully saturated rings. The van der Waals surface area contributed by atoms with Gasteiger partial charge in [0, 0.05) is 0 Å². The molecular weight excluding hydrogens is 322 g/mol. The summed E-state index contributed by atoms with van der Waals surface area (Å²) >= 11 is 0. The summed E-state index contributed by atoms with van der Waals surface area (Å²) in [5.41, 5.74) is 7.19. The molecule has 0 saturated carbocycles. The monoisotopic (exact) mass is 361 g/mol. The Labute approximate surface area is 160 Å². The highest BCUT2D eigenvalue weighted by molar-refractivity contribution is 5.51. The Hall–Kier alpha value is -1.16. The van der Waals surface area contributed by atoms with Gasteiger partial charge < -0.3 is 15.9 Å². The van der Waals surface area contributed by atoms with Gasteiger partial charge in [-0.3, -0.25) is 0 Å². The third-order valence-electron chi connectivity index (χ3n) is 5.00. The molecule has 0 heterocycles. The number of nitrogens with two attached hydrogens (primary N) is 1. The zero-order valence-corrected chi connectivity index (χ0v) is 16.6. The zero-order valence-electron chi connectivity index (χ0n) is 16.6. The van der Waals surface area contributed by atoms with Crippen LogP contribution in [0.25, 0.3) is 6.08 Å². The second-order valence-electron chi connectivity index (χ2n) is 7.56. The maximum Gasteiger partial charge on any atom is 0.0811 e. The minimum atomic E-state index is -1.05. The van der Waals surface area contributed by atoms with E-state index in [1.165, 1.54) is 69.8 Å². The lowest BCUT2D eigenvalue weighted by Crippen LogP contribution is -2.45. The first-order valence-electron chi connectivity index (χ1n) is 10.4. The van der Waals surface area contributed by atoms with E-state index >= 15 is 0 Å². The summed E-state index contributed by atoms with van der Waals surface area (Å²) in [6, 6.07) is 8.45. The number of hydrogen-bond acceptors (Lipinski definition) is 3. The molecule has 4 N–H and O–H groups in total. The Morgan fingerprint density at radius 1 is 0.808 bits per heavy atom. The summed E-state index contributed by atoms with van der Waals surface area (Å²) < 4.78 is 0. The number of aliphatic hydroxyl groups excluding tert-OH is 2. The summed E-state index contributed by atoms with van der Waals surface area (Å²) in [5.74, 6) is 0. The molecule has 1 aromatic carbocycles. The third-order valence-corrected chi connectivity index (χ3v) is 5.00. The summed E-state index contributed by atoms with van der Waals surface area (Å²) in [6.45, 7) is 1.73. The molecule has 148 valence electrons. The van der Waals surface area contributed by atoms with Gasteiger partial charge in [0.15, 0.2) is 0 Å². The molecule has 0 bridgehead atoms. The molecule has 1 rings (SSSR count). The minimum Gasteiger partial charge on any atom is -0.394 e. The van der Waals surface area contributed by atoms with Crippen LogP contribution in [0, 0.1) is 0 Å². The fourth-order valence-electron chi connectivity index (χ4n) is 3.03. The van der Waals surface area contributed by atoms with E-state index in [0.29, 0.717) is 0 Å². The van der Waals surface area contributed by atoms with Gasteiger partial charge in [0.2, 0.25) is 0 Å². The molecule has 0 unspecified atom stereocenters. The Morgan fingerprint density at radius 3 is 1.81 bits per heavy atom. The topological polar surface area (TPSA) is 66.5 Å². The summed E-state index contributed by atoms with van der Waals surface area (Å²) in [6.07, 6.45) is 18.3. The van der Waals surface area contributed by atoms with Crippen LogP contribution in [0.15, 0.2) is 30.3 Å². The van der Waals surface area contributed by atoms with Crippen molar-refractivity contribution in [1.82, 2.24) is 0 Å². The number of rotatable bonds is 15. The molecular formula is C23H39NO2. The predicted octanol–water partition coefficient (Wildman–Crippen LogP) is 4.85. The van der Waals surface area contributed by atoms with Crippen molar-refractivity contribution in [3.8, 4) is 0 Å². The van der Waals surface area contributed by atoms with Crippen molar-refractivity contribution >= 4 is 6.08 Å². The SMILES string of the molecule is CCCCCCCCCCCCc1ccc(/C=C/C(N)(CO)CO)cc1. The molecule has 0 aromatic heterocycles. The van der Waals surface area contributed by atoms with Crippen LogP contribution in [-0.4, -0.2) is 29.0 Å². The number of benzene rings is 1. The fraction of sp³-hybridized carbons (Fsp3) is 0.652. The minimum absolute atomic E-state index is 0.267. The molecule has 0 spiro atoms. The molecule has 0 amide bonds.